The van der Waals surface area contributed by atoms with E-state index in [1.54, 1.807) is 12.5 Å². The predicted molar refractivity (Wildman–Crippen MR) is 96.8 cm³/mol. The van der Waals surface area contributed by atoms with Crippen LogP contribution in [0.1, 0.15) is 26.0 Å². The van der Waals surface area contributed by atoms with Crippen molar-refractivity contribution in [2.24, 2.45) is 5.92 Å². The molecule has 0 spiro atoms. The van der Waals surface area contributed by atoms with Crippen LogP contribution < -0.4 is 10.1 Å². The van der Waals surface area contributed by atoms with Crippen molar-refractivity contribution in [3.8, 4) is 16.3 Å². The Labute approximate surface area is 150 Å². The molecule has 1 aromatic heterocycles. The van der Waals surface area contributed by atoms with Crippen LogP contribution in [0.15, 0.2) is 29.6 Å². The van der Waals surface area contributed by atoms with E-state index in [1.807, 2.05) is 38.1 Å². The number of carboxylic acids is 1. The summed E-state index contributed by atoms with van der Waals surface area (Å²) in [6, 6.07) is 6.66. The molecule has 1 amide bonds. The molecule has 0 bridgehead atoms. The summed E-state index contributed by atoms with van der Waals surface area (Å²) in [5.41, 5.74) is 1.47. The van der Waals surface area contributed by atoms with Crippen LogP contribution in [0.2, 0.25) is 0 Å². The Morgan fingerprint density at radius 3 is 2.72 bits per heavy atom. The highest BCUT2D eigenvalue weighted by Gasteiger charge is 2.25. The summed E-state index contributed by atoms with van der Waals surface area (Å²) >= 11 is 1.42. The number of ether oxygens (including phenoxy) is 1. The van der Waals surface area contributed by atoms with Crippen molar-refractivity contribution in [1.82, 2.24) is 10.3 Å². The molecular formula is C18H22N2O4S. The summed E-state index contributed by atoms with van der Waals surface area (Å²) in [5.74, 6) is -0.781. The molecular weight excluding hydrogens is 340 g/mol. The van der Waals surface area contributed by atoms with Crippen LogP contribution in [0.5, 0.6) is 5.75 Å². The topological polar surface area (TPSA) is 88.5 Å². The summed E-state index contributed by atoms with van der Waals surface area (Å²) in [4.78, 5) is 28.0. The lowest BCUT2D eigenvalue weighted by Gasteiger charge is -2.19. The van der Waals surface area contributed by atoms with Gasteiger partial charge in [0.05, 0.1) is 24.8 Å². The molecule has 6 nitrogen and oxygen atoms in total. The van der Waals surface area contributed by atoms with Gasteiger partial charge in [-0.15, -0.1) is 11.3 Å². The van der Waals surface area contributed by atoms with Gasteiger partial charge in [-0.1, -0.05) is 32.4 Å². The van der Waals surface area contributed by atoms with Crippen molar-refractivity contribution >= 4 is 23.2 Å². The zero-order valence-electron chi connectivity index (χ0n) is 14.5. The first-order valence-corrected chi connectivity index (χ1v) is 8.94. The number of methoxy groups -OCH3 is 1. The summed E-state index contributed by atoms with van der Waals surface area (Å²) in [6.45, 7) is 3.70. The number of carboxylic acid groups (broad SMARTS) is 1. The van der Waals surface area contributed by atoms with Crippen LogP contribution in [0.3, 0.4) is 0 Å². The fraction of sp³-hybridized carbons (Fsp3) is 0.389. The fourth-order valence-electron chi connectivity index (χ4n) is 2.41. The Kier molecular flexibility index (Phi) is 6.52. The van der Waals surface area contributed by atoms with Gasteiger partial charge in [0.2, 0.25) is 5.91 Å². The molecule has 2 N–H and O–H groups in total. The van der Waals surface area contributed by atoms with Crippen LogP contribution in [0.4, 0.5) is 0 Å². The number of thiazole rings is 1. The summed E-state index contributed by atoms with van der Waals surface area (Å²) in [7, 11) is 1.60. The minimum absolute atomic E-state index is 0.0475. The van der Waals surface area contributed by atoms with E-state index in [0.717, 1.165) is 16.3 Å². The maximum Gasteiger partial charge on any atom is 0.326 e. The highest BCUT2D eigenvalue weighted by molar-refractivity contribution is 7.13. The number of carbonyl (C=O) groups excluding carboxylic acids is 1. The summed E-state index contributed by atoms with van der Waals surface area (Å²) < 4.78 is 5.33. The van der Waals surface area contributed by atoms with Crippen molar-refractivity contribution in [1.29, 1.82) is 0 Å². The third-order valence-corrected chi connectivity index (χ3v) is 4.95. The molecule has 2 atom stereocenters. The van der Waals surface area contributed by atoms with Gasteiger partial charge in [0, 0.05) is 5.38 Å². The van der Waals surface area contributed by atoms with Gasteiger partial charge in [-0.05, 0) is 18.1 Å². The monoisotopic (exact) mass is 362 g/mol. The molecule has 0 aliphatic rings. The lowest BCUT2D eigenvalue weighted by molar-refractivity contribution is -0.143. The van der Waals surface area contributed by atoms with Gasteiger partial charge in [0.15, 0.2) is 0 Å². The van der Waals surface area contributed by atoms with Gasteiger partial charge in [-0.3, -0.25) is 4.79 Å². The maximum absolute atomic E-state index is 12.2. The first-order valence-electron chi connectivity index (χ1n) is 8.06. The van der Waals surface area contributed by atoms with E-state index in [0.29, 0.717) is 12.1 Å². The van der Waals surface area contributed by atoms with E-state index in [-0.39, 0.29) is 18.2 Å². The van der Waals surface area contributed by atoms with Crippen molar-refractivity contribution in [2.75, 3.05) is 7.11 Å². The number of aromatic nitrogens is 1. The standard InChI is InChI=1S/C18H22N2O4S/c1-4-11(2)16(18(22)23)20-15(21)9-12-10-25-17(19-12)13-7-5-6-8-14(13)24-3/h5-8,10-11,16H,4,9H2,1-3H3,(H,20,21)(H,22,23)/t11-,16-/m1/s1. The number of hydrogen-bond acceptors (Lipinski definition) is 5. The second-order valence-corrected chi connectivity index (χ2v) is 6.65. The molecule has 0 fully saturated rings. The molecule has 1 aromatic carbocycles. The highest BCUT2D eigenvalue weighted by Crippen LogP contribution is 2.31. The molecule has 0 aliphatic carbocycles. The minimum Gasteiger partial charge on any atom is -0.496 e. The lowest BCUT2D eigenvalue weighted by Crippen LogP contribution is -2.45. The fourth-order valence-corrected chi connectivity index (χ4v) is 3.25. The van der Waals surface area contributed by atoms with E-state index in [9.17, 15) is 14.7 Å². The van der Waals surface area contributed by atoms with E-state index < -0.39 is 12.0 Å². The Balaban J connectivity index is 2.08. The maximum atomic E-state index is 12.2. The van der Waals surface area contributed by atoms with Crippen molar-refractivity contribution in [2.45, 2.75) is 32.7 Å². The van der Waals surface area contributed by atoms with Gasteiger partial charge in [0.1, 0.15) is 16.8 Å². The van der Waals surface area contributed by atoms with Gasteiger partial charge in [-0.2, -0.15) is 0 Å². The van der Waals surface area contributed by atoms with Gasteiger partial charge in [0.25, 0.3) is 0 Å². The number of hydrogen-bond donors (Lipinski definition) is 2. The second-order valence-electron chi connectivity index (χ2n) is 5.79. The molecule has 2 rings (SSSR count). The number of para-hydroxylation sites is 1. The summed E-state index contributed by atoms with van der Waals surface area (Å²) in [6.07, 6.45) is 0.720. The average molecular weight is 362 g/mol. The normalized spacial score (nSPS) is 13.1. The van der Waals surface area contributed by atoms with Gasteiger partial charge < -0.3 is 15.2 Å². The number of aliphatic carboxylic acids is 1. The number of nitrogens with one attached hydrogen (secondary N) is 1. The molecule has 0 saturated heterocycles. The van der Waals surface area contributed by atoms with Crippen molar-refractivity contribution < 1.29 is 19.4 Å². The largest absolute Gasteiger partial charge is 0.496 e. The first kappa shape index (κ1) is 18.9. The molecule has 25 heavy (non-hydrogen) atoms. The Hall–Kier alpha value is -2.41. The molecule has 0 saturated carbocycles. The predicted octanol–water partition coefficient (Wildman–Crippen LogP) is 2.98. The molecule has 134 valence electrons. The van der Waals surface area contributed by atoms with Gasteiger partial charge >= 0.3 is 5.97 Å². The SMILES string of the molecule is CC[C@@H](C)[C@@H](NC(=O)Cc1csc(-c2ccccc2OC)n1)C(=O)O. The highest BCUT2D eigenvalue weighted by atomic mass is 32.1. The minimum atomic E-state index is -1.02. The lowest BCUT2D eigenvalue weighted by atomic mass is 9.99. The molecule has 0 radical (unpaired) electrons. The number of amides is 1. The molecule has 0 aliphatic heterocycles. The molecule has 2 aromatic rings. The Bertz CT molecular complexity index is 744. The second kappa shape index (κ2) is 8.62. The smallest absolute Gasteiger partial charge is 0.326 e. The van der Waals surface area contributed by atoms with Crippen LogP contribution in [0, 0.1) is 5.92 Å². The third kappa shape index (κ3) is 4.79. The number of carbonyl (C=O) groups is 2. The number of rotatable bonds is 8. The van der Waals surface area contributed by atoms with Crippen molar-refractivity contribution in [3.63, 3.8) is 0 Å². The first-order chi connectivity index (χ1) is 12.0. The molecule has 7 heteroatoms. The Morgan fingerprint density at radius 1 is 1.36 bits per heavy atom. The quantitative estimate of drug-likeness (QED) is 0.754. The van der Waals surface area contributed by atoms with Crippen LogP contribution >= 0.6 is 11.3 Å². The zero-order valence-corrected chi connectivity index (χ0v) is 15.3. The number of nitrogens with zero attached hydrogens (tertiary/aromatic N) is 1. The van der Waals surface area contributed by atoms with E-state index in [2.05, 4.69) is 10.3 Å². The average Bonchev–Trinajstić information content (AvgIpc) is 3.06. The van der Waals surface area contributed by atoms with Crippen molar-refractivity contribution in [3.05, 3.63) is 35.3 Å². The van der Waals surface area contributed by atoms with Crippen LogP contribution in [0.25, 0.3) is 10.6 Å². The van der Waals surface area contributed by atoms with E-state index in [1.165, 1.54) is 11.3 Å². The summed E-state index contributed by atoms with van der Waals surface area (Å²) in [5, 5.41) is 14.4. The van der Waals surface area contributed by atoms with Crippen LogP contribution in [-0.4, -0.2) is 35.1 Å². The molecule has 0 unspecified atom stereocenters. The van der Waals surface area contributed by atoms with E-state index >= 15 is 0 Å². The van der Waals surface area contributed by atoms with E-state index in [4.69, 9.17) is 4.74 Å². The Morgan fingerprint density at radius 2 is 2.08 bits per heavy atom. The third-order valence-electron chi connectivity index (χ3n) is 4.03. The van der Waals surface area contributed by atoms with Gasteiger partial charge in [-0.25, -0.2) is 9.78 Å². The number of benzene rings is 1. The zero-order chi connectivity index (χ0) is 18.4. The van der Waals surface area contributed by atoms with Crippen LogP contribution in [-0.2, 0) is 16.0 Å². The molecule has 1 heterocycles.